The van der Waals surface area contributed by atoms with E-state index in [0.29, 0.717) is 13.2 Å². The van der Waals surface area contributed by atoms with Gasteiger partial charge in [0, 0.05) is 31.7 Å². The van der Waals surface area contributed by atoms with Gasteiger partial charge in [-0.2, -0.15) is 0 Å². The Labute approximate surface area is 160 Å². The van der Waals surface area contributed by atoms with Gasteiger partial charge in [-0.15, -0.1) is 0 Å². The van der Waals surface area contributed by atoms with E-state index >= 15 is 0 Å². The number of halogens is 1. The molecule has 146 valence electrons. The number of rotatable bonds is 4. The maximum absolute atomic E-state index is 13.3. The van der Waals surface area contributed by atoms with Crippen molar-refractivity contribution in [2.45, 2.75) is 51.9 Å². The summed E-state index contributed by atoms with van der Waals surface area (Å²) < 4.78 is 24.7. The van der Waals surface area contributed by atoms with E-state index in [2.05, 4.69) is 30.7 Å². The van der Waals surface area contributed by atoms with E-state index in [9.17, 15) is 4.39 Å². The van der Waals surface area contributed by atoms with Gasteiger partial charge in [-0.3, -0.25) is 0 Å². The van der Waals surface area contributed by atoms with Gasteiger partial charge in [0.15, 0.2) is 0 Å². The molecule has 0 aliphatic carbocycles. The highest BCUT2D eigenvalue weighted by atomic mass is 19.1. The van der Waals surface area contributed by atoms with E-state index in [1.165, 1.54) is 12.1 Å². The van der Waals surface area contributed by atoms with Crippen LogP contribution in [0.3, 0.4) is 0 Å². The van der Waals surface area contributed by atoms with Crippen LogP contribution in [0.5, 0.6) is 0 Å². The topological polar surface area (TPSA) is 47.5 Å². The zero-order valence-electron chi connectivity index (χ0n) is 16.7. The molecule has 1 fully saturated rings. The molecule has 1 aliphatic heterocycles. The first-order chi connectivity index (χ1) is 12.8. The molecule has 3 rings (SSSR count). The molecule has 27 heavy (non-hydrogen) atoms. The highest BCUT2D eigenvalue weighted by Crippen LogP contribution is 2.30. The second-order valence-electron chi connectivity index (χ2n) is 8.12. The van der Waals surface area contributed by atoms with Gasteiger partial charge in [0.1, 0.15) is 23.6 Å². The zero-order chi connectivity index (χ0) is 19.6. The van der Waals surface area contributed by atoms with Gasteiger partial charge in [0.05, 0.1) is 18.4 Å². The quantitative estimate of drug-likeness (QED) is 0.810. The zero-order valence-corrected chi connectivity index (χ0v) is 16.7. The second kappa shape index (κ2) is 7.90. The molecule has 1 aromatic carbocycles. The third kappa shape index (κ3) is 4.82. The average molecular weight is 373 g/mol. The number of hydrogen-bond acceptors (Lipinski definition) is 5. The monoisotopic (exact) mass is 373 g/mol. The summed E-state index contributed by atoms with van der Waals surface area (Å²) in [5, 5.41) is 0. The molecule has 2 heterocycles. The van der Waals surface area contributed by atoms with E-state index in [1.54, 1.807) is 19.2 Å². The van der Waals surface area contributed by atoms with E-state index in [1.807, 2.05) is 13.0 Å². The molecule has 2 unspecified atom stereocenters. The predicted octanol–water partition coefficient (Wildman–Crippen LogP) is 4.03. The fourth-order valence-electron chi connectivity index (χ4n) is 3.20. The van der Waals surface area contributed by atoms with Crippen molar-refractivity contribution in [3.05, 3.63) is 53.2 Å². The Hall–Kier alpha value is -2.05. The fraction of sp³-hybridized carbons (Fsp3) is 0.524. The van der Waals surface area contributed by atoms with Crippen LogP contribution in [0.2, 0.25) is 0 Å². The molecule has 1 saturated heterocycles. The van der Waals surface area contributed by atoms with Gasteiger partial charge in [0.2, 0.25) is 0 Å². The normalized spacial score (nSPS) is 20.7. The first-order valence-corrected chi connectivity index (χ1v) is 9.29. The molecule has 1 aromatic heterocycles. The smallest absolute Gasteiger partial charge is 0.136 e. The molecule has 0 N–H and O–H groups in total. The van der Waals surface area contributed by atoms with Crippen LogP contribution in [0.1, 0.15) is 50.9 Å². The van der Waals surface area contributed by atoms with E-state index in [4.69, 9.17) is 14.5 Å². The number of anilines is 1. The summed E-state index contributed by atoms with van der Waals surface area (Å²) in [4.78, 5) is 11.7. The lowest BCUT2D eigenvalue weighted by Gasteiger charge is -2.38. The predicted molar refractivity (Wildman–Crippen MR) is 103 cm³/mol. The number of morpholine rings is 1. The number of hydrogen-bond donors (Lipinski definition) is 0. The minimum absolute atomic E-state index is 0.0349. The van der Waals surface area contributed by atoms with Crippen molar-refractivity contribution in [1.82, 2.24) is 9.97 Å². The Morgan fingerprint density at radius 1 is 1.19 bits per heavy atom. The summed E-state index contributed by atoms with van der Waals surface area (Å²) in [5.41, 5.74) is 1.67. The van der Waals surface area contributed by atoms with Crippen molar-refractivity contribution in [3.63, 3.8) is 0 Å². The Kier molecular flexibility index (Phi) is 5.77. The summed E-state index contributed by atoms with van der Waals surface area (Å²) >= 11 is 0. The molecule has 1 aliphatic rings. The van der Waals surface area contributed by atoms with Gasteiger partial charge in [0.25, 0.3) is 0 Å². The maximum Gasteiger partial charge on any atom is 0.136 e. The summed E-state index contributed by atoms with van der Waals surface area (Å²) in [6, 6.07) is 8.50. The van der Waals surface area contributed by atoms with Gasteiger partial charge < -0.3 is 14.4 Å². The minimum atomic E-state index is -0.241. The average Bonchev–Trinajstić information content (AvgIpc) is 2.61. The van der Waals surface area contributed by atoms with Gasteiger partial charge in [-0.25, -0.2) is 14.4 Å². The minimum Gasteiger partial charge on any atom is -0.378 e. The number of nitrogens with zero attached hydrogens (tertiary/aromatic N) is 3. The van der Waals surface area contributed by atoms with Crippen molar-refractivity contribution >= 4 is 5.82 Å². The van der Waals surface area contributed by atoms with E-state index in [-0.39, 0.29) is 23.4 Å². The summed E-state index contributed by atoms with van der Waals surface area (Å²) in [6.07, 6.45) is -0.0963. The standard InChI is InChI=1S/C21H28FN3O2/c1-14-11-25(12-18(27-14)15-6-8-16(22)9-7-15)19-10-17(13-26-5)23-20(24-19)21(2,3)4/h6-10,14,18H,11-13H2,1-5H3. The van der Waals surface area contributed by atoms with E-state index in [0.717, 1.165) is 29.4 Å². The van der Waals surface area contributed by atoms with Gasteiger partial charge in [-0.1, -0.05) is 32.9 Å². The van der Waals surface area contributed by atoms with Crippen LogP contribution >= 0.6 is 0 Å². The van der Waals surface area contributed by atoms with Gasteiger partial charge >= 0.3 is 0 Å². The Morgan fingerprint density at radius 3 is 2.52 bits per heavy atom. The Morgan fingerprint density at radius 2 is 1.89 bits per heavy atom. The molecule has 0 radical (unpaired) electrons. The van der Waals surface area contributed by atoms with E-state index < -0.39 is 0 Å². The number of ether oxygens (including phenoxy) is 2. The highest BCUT2D eigenvalue weighted by Gasteiger charge is 2.29. The van der Waals surface area contributed by atoms with Crippen LogP contribution in [-0.4, -0.2) is 36.3 Å². The molecule has 2 aromatic rings. The highest BCUT2D eigenvalue weighted by molar-refractivity contribution is 5.42. The van der Waals surface area contributed by atoms with Crippen LogP contribution in [0.25, 0.3) is 0 Å². The molecule has 2 atom stereocenters. The maximum atomic E-state index is 13.3. The van der Waals surface area contributed by atoms with Crippen LogP contribution < -0.4 is 4.90 Å². The first kappa shape index (κ1) is 19.7. The number of benzene rings is 1. The fourth-order valence-corrected chi connectivity index (χ4v) is 3.20. The Bertz CT molecular complexity index is 774. The summed E-state index contributed by atoms with van der Waals surface area (Å²) in [7, 11) is 1.67. The third-order valence-corrected chi connectivity index (χ3v) is 4.55. The lowest BCUT2D eigenvalue weighted by atomic mass is 9.95. The van der Waals surface area contributed by atoms with Crippen molar-refractivity contribution in [2.24, 2.45) is 0 Å². The lowest BCUT2D eigenvalue weighted by Crippen LogP contribution is -2.43. The van der Waals surface area contributed by atoms with Crippen molar-refractivity contribution in [3.8, 4) is 0 Å². The largest absolute Gasteiger partial charge is 0.378 e. The SMILES string of the molecule is COCc1cc(N2CC(C)OC(c3ccc(F)cc3)C2)nc(C(C)(C)C)n1. The molecule has 6 heteroatoms. The molecule has 0 amide bonds. The molecule has 5 nitrogen and oxygen atoms in total. The molecule has 0 bridgehead atoms. The van der Waals surface area contributed by atoms with Crippen molar-refractivity contribution in [1.29, 1.82) is 0 Å². The first-order valence-electron chi connectivity index (χ1n) is 9.29. The summed E-state index contributed by atoms with van der Waals surface area (Å²) in [6.45, 7) is 10.2. The van der Waals surface area contributed by atoms with Crippen LogP contribution in [0.4, 0.5) is 10.2 Å². The van der Waals surface area contributed by atoms with Crippen LogP contribution in [-0.2, 0) is 21.5 Å². The molecular weight excluding hydrogens is 345 g/mol. The van der Waals surface area contributed by atoms with Gasteiger partial charge in [-0.05, 0) is 24.6 Å². The molecule has 0 saturated carbocycles. The van der Waals surface area contributed by atoms with Crippen molar-refractivity contribution < 1.29 is 13.9 Å². The molecular formula is C21H28FN3O2. The van der Waals surface area contributed by atoms with Crippen molar-refractivity contribution in [2.75, 3.05) is 25.1 Å². The lowest BCUT2D eigenvalue weighted by molar-refractivity contribution is -0.0176. The number of methoxy groups -OCH3 is 1. The third-order valence-electron chi connectivity index (χ3n) is 4.55. The second-order valence-corrected chi connectivity index (χ2v) is 8.12. The Balaban J connectivity index is 1.91. The molecule has 0 spiro atoms. The number of aromatic nitrogens is 2. The van der Waals surface area contributed by atoms with Crippen LogP contribution in [0.15, 0.2) is 30.3 Å². The summed E-state index contributed by atoms with van der Waals surface area (Å²) in [5.74, 6) is 1.43. The van der Waals surface area contributed by atoms with Crippen LogP contribution in [0, 0.1) is 5.82 Å².